The number of carbonyl (C=O) groups excluding carboxylic acids is 2. The minimum Gasteiger partial charge on any atom is -0.337 e. The average molecular weight is 291 g/mol. The molecule has 1 saturated heterocycles. The first-order chi connectivity index (χ1) is 9.63. The van der Waals surface area contributed by atoms with Gasteiger partial charge in [-0.15, -0.1) is 0 Å². The third-order valence-corrected chi connectivity index (χ3v) is 4.22. The Balaban J connectivity index is 1.76. The lowest BCUT2D eigenvalue weighted by molar-refractivity contribution is -0.128. The van der Waals surface area contributed by atoms with Crippen LogP contribution in [0.2, 0.25) is 0 Å². The van der Waals surface area contributed by atoms with E-state index in [2.05, 4.69) is 10.3 Å². The minimum atomic E-state index is 0.0486. The summed E-state index contributed by atoms with van der Waals surface area (Å²) in [7, 11) is 0. The van der Waals surface area contributed by atoms with E-state index in [1.807, 2.05) is 18.2 Å². The fourth-order valence-corrected chi connectivity index (χ4v) is 3.35. The van der Waals surface area contributed by atoms with Gasteiger partial charge in [-0.1, -0.05) is 23.9 Å². The van der Waals surface area contributed by atoms with Gasteiger partial charge in [-0.05, 0) is 16.4 Å². The topological polar surface area (TPSA) is 76.3 Å². The number of nitrogens with zero attached hydrogens (tertiary/aromatic N) is 3. The zero-order valence-corrected chi connectivity index (χ0v) is 11.7. The van der Waals surface area contributed by atoms with Crippen molar-refractivity contribution in [1.29, 1.82) is 0 Å². The van der Waals surface area contributed by atoms with Gasteiger partial charge in [0.15, 0.2) is 5.12 Å². The van der Waals surface area contributed by atoms with Gasteiger partial charge in [0.1, 0.15) is 11.0 Å². The van der Waals surface area contributed by atoms with Gasteiger partial charge in [0.05, 0.1) is 0 Å². The Morgan fingerprint density at radius 3 is 3.15 bits per heavy atom. The highest BCUT2D eigenvalue weighted by molar-refractivity contribution is 8.14. The Kier molecular flexibility index (Phi) is 3.43. The smallest absolute Gasteiger partial charge is 0.224 e. The van der Waals surface area contributed by atoms with E-state index in [9.17, 15) is 9.59 Å². The van der Waals surface area contributed by atoms with Crippen LogP contribution in [-0.4, -0.2) is 38.0 Å². The summed E-state index contributed by atoms with van der Waals surface area (Å²) in [6.07, 6.45) is 0.414. The molecule has 1 aromatic carbocycles. The highest BCUT2D eigenvalue weighted by Gasteiger charge is 2.31. The SMILES string of the molecule is CC(=O)SC1CC(=O)N(Cc2cccc3nonc23)C1. The lowest BCUT2D eigenvalue weighted by Gasteiger charge is -2.16. The van der Waals surface area contributed by atoms with Gasteiger partial charge in [0.25, 0.3) is 0 Å². The molecule has 7 heteroatoms. The molecule has 0 radical (unpaired) electrons. The molecule has 20 heavy (non-hydrogen) atoms. The summed E-state index contributed by atoms with van der Waals surface area (Å²) in [5.41, 5.74) is 2.28. The van der Waals surface area contributed by atoms with Crippen molar-refractivity contribution in [2.24, 2.45) is 0 Å². The van der Waals surface area contributed by atoms with E-state index in [1.165, 1.54) is 18.7 Å². The Hall–Kier alpha value is -1.89. The second-order valence-corrected chi connectivity index (χ2v) is 6.24. The van der Waals surface area contributed by atoms with Crippen LogP contribution in [0, 0.1) is 0 Å². The Morgan fingerprint density at radius 1 is 1.50 bits per heavy atom. The summed E-state index contributed by atoms with van der Waals surface area (Å²) in [6, 6.07) is 5.59. The van der Waals surface area contributed by atoms with E-state index in [4.69, 9.17) is 4.63 Å². The molecule has 0 bridgehead atoms. The molecule has 1 aliphatic heterocycles. The standard InChI is InChI=1S/C13H13N3O3S/c1-8(17)20-10-5-12(18)16(7-10)6-9-3-2-4-11-13(9)15-19-14-11/h2-4,10H,5-7H2,1H3. The van der Waals surface area contributed by atoms with Crippen LogP contribution in [0.1, 0.15) is 18.9 Å². The second kappa shape index (κ2) is 5.24. The number of fused-ring (bicyclic) bond motifs is 1. The Bertz CT molecular complexity index is 670. The van der Waals surface area contributed by atoms with Crippen molar-refractivity contribution in [3.8, 4) is 0 Å². The maximum atomic E-state index is 12.0. The fraction of sp³-hybridized carbons (Fsp3) is 0.385. The molecule has 1 aliphatic rings. The maximum Gasteiger partial charge on any atom is 0.224 e. The predicted molar refractivity (Wildman–Crippen MR) is 73.9 cm³/mol. The molecule has 2 aromatic rings. The third kappa shape index (κ3) is 2.53. The molecule has 0 saturated carbocycles. The van der Waals surface area contributed by atoms with Crippen molar-refractivity contribution in [3.05, 3.63) is 23.8 Å². The van der Waals surface area contributed by atoms with Gasteiger partial charge < -0.3 is 4.90 Å². The number of amides is 1. The molecular weight excluding hydrogens is 278 g/mol. The highest BCUT2D eigenvalue weighted by atomic mass is 32.2. The largest absolute Gasteiger partial charge is 0.337 e. The molecular formula is C13H13N3O3S. The van der Waals surface area contributed by atoms with E-state index >= 15 is 0 Å². The van der Waals surface area contributed by atoms with Gasteiger partial charge in [-0.25, -0.2) is 4.63 Å². The first kappa shape index (κ1) is 13.1. The lowest BCUT2D eigenvalue weighted by atomic mass is 10.2. The van der Waals surface area contributed by atoms with Crippen molar-refractivity contribution in [1.82, 2.24) is 15.2 Å². The molecule has 1 aromatic heterocycles. The molecule has 2 heterocycles. The van der Waals surface area contributed by atoms with Crippen LogP contribution in [0.5, 0.6) is 0 Å². The van der Waals surface area contributed by atoms with Gasteiger partial charge in [0, 0.05) is 37.2 Å². The third-order valence-electron chi connectivity index (χ3n) is 3.24. The molecule has 6 nitrogen and oxygen atoms in total. The van der Waals surface area contributed by atoms with Crippen molar-refractivity contribution in [3.63, 3.8) is 0 Å². The molecule has 104 valence electrons. The average Bonchev–Trinajstić information content (AvgIpc) is 2.97. The van der Waals surface area contributed by atoms with Gasteiger partial charge >= 0.3 is 0 Å². The van der Waals surface area contributed by atoms with Gasteiger partial charge in [-0.2, -0.15) is 0 Å². The monoisotopic (exact) mass is 291 g/mol. The number of thioether (sulfide) groups is 1. The van der Waals surface area contributed by atoms with Crippen LogP contribution in [0.3, 0.4) is 0 Å². The first-order valence-electron chi connectivity index (χ1n) is 6.28. The first-order valence-corrected chi connectivity index (χ1v) is 7.16. The molecule has 1 amide bonds. The summed E-state index contributed by atoms with van der Waals surface area (Å²) < 4.78 is 4.72. The molecule has 1 fully saturated rings. The number of hydrogen-bond acceptors (Lipinski definition) is 6. The summed E-state index contributed by atoms with van der Waals surface area (Å²) in [4.78, 5) is 24.9. The van der Waals surface area contributed by atoms with Crippen LogP contribution in [0.25, 0.3) is 11.0 Å². The van der Waals surface area contributed by atoms with Crippen molar-refractivity contribution in [2.75, 3.05) is 6.54 Å². The van der Waals surface area contributed by atoms with Crippen molar-refractivity contribution >= 4 is 33.8 Å². The molecule has 0 N–H and O–H groups in total. The number of likely N-dealkylation sites (tertiary alicyclic amines) is 1. The zero-order valence-electron chi connectivity index (χ0n) is 10.9. The number of carbonyl (C=O) groups is 2. The Morgan fingerprint density at radius 2 is 2.35 bits per heavy atom. The van der Waals surface area contributed by atoms with Crippen LogP contribution >= 0.6 is 11.8 Å². The summed E-state index contributed by atoms with van der Waals surface area (Å²) >= 11 is 1.24. The molecule has 0 spiro atoms. The van der Waals surface area contributed by atoms with E-state index in [0.29, 0.717) is 30.5 Å². The minimum absolute atomic E-state index is 0.0486. The molecule has 1 unspecified atom stereocenters. The number of benzene rings is 1. The second-order valence-electron chi connectivity index (χ2n) is 4.76. The maximum absolute atomic E-state index is 12.0. The van der Waals surface area contributed by atoms with E-state index in [-0.39, 0.29) is 16.3 Å². The quantitative estimate of drug-likeness (QED) is 0.855. The highest BCUT2D eigenvalue weighted by Crippen LogP contribution is 2.26. The molecule has 0 aliphatic carbocycles. The zero-order chi connectivity index (χ0) is 14.1. The Labute approximate surface area is 119 Å². The van der Waals surface area contributed by atoms with Crippen molar-refractivity contribution in [2.45, 2.75) is 25.1 Å². The van der Waals surface area contributed by atoms with E-state index in [1.54, 1.807) is 4.90 Å². The summed E-state index contributed by atoms with van der Waals surface area (Å²) in [5, 5.41) is 7.76. The lowest BCUT2D eigenvalue weighted by Crippen LogP contribution is -2.25. The van der Waals surface area contributed by atoms with Crippen LogP contribution in [0.15, 0.2) is 22.8 Å². The van der Waals surface area contributed by atoms with E-state index in [0.717, 1.165) is 5.56 Å². The summed E-state index contributed by atoms with van der Waals surface area (Å²) in [5.74, 6) is 0.0669. The van der Waals surface area contributed by atoms with Crippen LogP contribution in [-0.2, 0) is 16.1 Å². The van der Waals surface area contributed by atoms with Gasteiger partial charge in [0.2, 0.25) is 5.91 Å². The van der Waals surface area contributed by atoms with Crippen LogP contribution < -0.4 is 0 Å². The number of rotatable bonds is 3. The van der Waals surface area contributed by atoms with Crippen molar-refractivity contribution < 1.29 is 14.2 Å². The van der Waals surface area contributed by atoms with Crippen LogP contribution in [0.4, 0.5) is 0 Å². The number of hydrogen-bond donors (Lipinski definition) is 0. The number of aromatic nitrogens is 2. The molecule has 3 rings (SSSR count). The predicted octanol–water partition coefficient (Wildman–Crippen LogP) is 1.60. The molecule has 1 atom stereocenters. The normalized spacial score (nSPS) is 18.9. The van der Waals surface area contributed by atoms with E-state index < -0.39 is 0 Å². The summed E-state index contributed by atoms with van der Waals surface area (Å²) in [6.45, 7) is 2.59. The van der Waals surface area contributed by atoms with Gasteiger partial charge in [-0.3, -0.25) is 9.59 Å². The fourth-order valence-electron chi connectivity index (χ4n) is 2.40.